The molecule has 1 aromatic heterocycles. The second-order valence-corrected chi connectivity index (χ2v) is 11.6. The van der Waals surface area contributed by atoms with Crippen LogP contribution in [0, 0.1) is 0 Å². The van der Waals surface area contributed by atoms with E-state index in [0.717, 1.165) is 49.3 Å². The van der Waals surface area contributed by atoms with E-state index in [0.29, 0.717) is 31.7 Å². The van der Waals surface area contributed by atoms with Gasteiger partial charge in [-0.1, -0.05) is 71.9 Å². The van der Waals surface area contributed by atoms with Crippen LogP contribution in [-0.4, -0.2) is 67.6 Å². The lowest BCUT2D eigenvalue weighted by Gasteiger charge is -2.47. The lowest BCUT2D eigenvalue weighted by Crippen LogP contribution is -2.56. The summed E-state index contributed by atoms with van der Waals surface area (Å²) in [4.78, 5) is 16.7. The molecule has 1 aliphatic heterocycles. The number of hydrogen-bond donors (Lipinski definition) is 1. The monoisotopic (exact) mass is 581 g/mol. The first-order chi connectivity index (χ1) is 20.9. The third-order valence-electron chi connectivity index (χ3n) is 8.29. The fourth-order valence-corrected chi connectivity index (χ4v) is 6.05. The van der Waals surface area contributed by atoms with Crippen molar-refractivity contribution in [3.63, 3.8) is 0 Å². The summed E-state index contributed by atoms with van der Waals surface area (Å²) >= 11 is 0. The largest absolute Gasteiger partial charge is 0.508 e. The molecule has 0 saturated carbocycles. The fourth-order valence-electron chi connectivity index (χ4n) is 6.05. The first kappa shape index (κ1) is 30.4. The highest BCUT2D eigenvalue weighted by Gasteiger charge is 2.35. The number of piperazine rings is 1. The number of nitrogens with zero attached hydrogens (tertiary/aromatic N) is 5. The minimum absolute atomic E-state index is 0.00700. The van der Waals surface area contributed by atoms with Gasteiger partial charge in [0, 0.05) is 50.2 Å². The normalized spacial score (nSPS) is 18.4. The second-order valence-electron chi connectivity index (χ2n) is 11.6. The predicted octanol–water partition coefficient (Wildman–Crippen LogP) is 6.07. The molecule has 0 radical (unpaired) electrons. The molecule has 0 unspecified atom stereocenters. The second kappa shape index (κ2) is 14.4. The summed E-state index contributed by atoms with van der Waals surface area (Å²) in [5.41, 5.74) is 5.42. The summed E-state index contributed by atoms with van der Waals surface area (Å²) in [7, 11) is 0. The molecule has 0 aliphatic carbocycles. The van der Waals surface area contributed by atoms with Crippen molar-refractivity contribution in [2.45, 2.75) is 71.2 Å². The van der Waals surface area contributed by atoms with Crippen LogP contribution in [0.2, 0.25) is 0 Å². The molecular weight excluding hydrogens is 538 g/mol. The van der Waals surface area contributed by atoms with Crippen molar-refractivity contribution < 1.29 is 14.6 Å². The number of carbonyl (C=O) groups excluding carboxylic acids is 1. The molecule has 43 heavy (non-hydrogen) atoms. The molecule has 1 fully saturated rings. The first-order valence-corrected chi connectivity index (χ1v) is 15.4. The van der Waals surface area contributed by atoms with Crippen molar-refractivity contribution in [3.8, 4) is 17.0 Å². The molecule has 226 valence electrons. The van der Waals surface area contributed by atoms with Gasteiger partial charge in [0.25, 0.3) is 0 Å². The minimum Gasteiger partial charge on any atom is -0.508 e. The van der Waals surface area contributed by atoms with Crippen molar-refractivity contribution in [2.75, 3.05) is 19.7 Å². The van der Waals surface area contributed by atoms with E-state index in [1.54, 1.807) is 6.07 Å². The summed E-state index contributed by atoms with van der Waals surface area (Å²) in [6.07, 6.45) is 3.98. The van der Waals surface area contributed by atoms with Gasteiger partial charge in [0.1, 0.15) is 11.4 Å². The topological polar surface area (TPSA) is 83.7 Å². The van der Waals surface area contributed by atoms with E-state index >= 15 is 0 Å². The van der Waals surface area contributed by atoms with E-state index < -0.39 is 0 Å². The van der Waals surface area contributed by atoms with E-state index in [4.69, 9.17) is 4.74 Å². The van der Waals surface area contributed by atoms with Crippen LogP contribution in [0.5, 0.6) is 5.75 Å². The summed E-state index contributed by atoms with van der Waals surface area (Å²) < 4.78 is 6.84. The summed E-state index contributed by atoms with van der Waals surface area (Å²) in [5, 5.41) is 19.1. The lowest BCUT2D eigenvalue weighted by molar-refractivity contribution is -0.143. The van der Waals surface area contributed by atoms with Crippen molar-refractivity contribution in [2.24, 2.45) is 0 Å². The van der Waals surface area contributed by atoms with Gasteiger partial charge in [-0.05, 0) is 62.4 Å². The van der Waals surface area contributed by atoms with Crippen molar-refractivity contribution in [3.05, 3.63) is 102 Å². The van der Waals surface area contributed by atoms with Crippen LogP contribution in [-0.2, 0) is 22.6 Å². The maximum absolute atomic E-state index is 11.6. The van der Waals surface area contributed by atoms with E-state index in [1.807, 2.05) is 29.9 Å². The highest BCUT2D eigenvalue weighted by Crippen LogP contribution is 2.35. The zero-order valence-corrected chi connectivity index (χ0v) is 25.5. The molecule has 5 rings (SSSR count). The average molecular weight is 582 g/mol. The third kappa shape index (κ3) is 7.89. The molecule has 2 heterocycles. The Morgan fingerprint density at radius 2 is 1.74 bits per heavy atom. The molecule has 0 spiro atoms. The summed E-state index contributed by atoms with van der Waals surface area (Å²) in [5.74, 6) is 0.130. The molecule has 8 nitrogen and oxygen atoms in total. The maximum Gasteiger partial charge on any atom is 0.305 e. The number of aryl methyl sites for hydroxylation is 1. The Labute approximate surface area is 254 Å². The number of phenols is 1. The molecule has 0 amide bonds. The molecule has 1 saturated heterocycles. The first-order valence-electron chi connectivity index (χ1n) is 15.4. The quantitative estimate of drug-likeness (QED) is 0.161. The zero-order chi connectivity index (χ0) is 30.2. The number of aromatic hydroxyl groups is 1. The van der Waals surface area contributed by atoms with Crippen molar-refractivity contribution >= 4 is 5.97 Å². The standard InChI is InChI=1S/C35H43N5O3/c1-4-43-34(42)15-8-9-20-39-25-33(36-37-39)29-16-18-30(19-17-29)35(31-13-10-14-32(41)21-31)40-23-26(2)38(22-27(40)3)24-28-11-6-5-7-12-28/h5-7,10-14,16-19,21,25-27,35,41H,4,8-9,15,20,22-24H2,1-3H3/t26-,27+,35-/m1/s1. The highest BCUT2D eigenvalue weighted by molar-refractivity contribution is 5.69. The zero-order valence-electron chi connectivity index (χ0n) is 25.5. The van der Waals surface area contributed by atoms with E-state index in [2.05, 4.69) is 94.6 Å². The van der Waals surface area contributed by atoms with Crippen LogP contribution in [0.25, 0.3) is 11.3 Å². The van der Waals surface area contributed by atoms with Crippen LogP contribution in [0.3, 0.4) is 0 Å². The molecular formula is C35H43N5O3. The van der Waals surface area contributed by atoms with Gasteiger partial charge in [-0.2, -0.15) is 0 Å². The van der Waals surface area contributed by atoms with Gasteiger partial charge in [0.2, 0.25) is 0 Å². The molecule has 1 aliphatic rings. The summed E-state index contributed by atoms with van der Waals surface area (Å²) in [6, 6.07) is 27.6. The number of ether oxygens (including phenoxy) is 1. The Morgan fingerprint density at radius 1 is 0.953 bits per heavy atom. The number of aromatic nitrogens is 3. The van der Waals surface area contributed by atoms with Gasteiger partial charge >= 0.3 is 5.97 Å². The van der Waals surface area contributed by atoms with Crippen LogP contribution < -0.4 is 0 Å². The Kier molecular flexibility index (Phi) is 10.2. The number of unbranched alkanes of at least 4 members (excludes halogenated alkanes) is 1. The number of phenolic OH excluding ortho intramolecular Hbond substituents is 1. The van der Waals surface area contributed by atoms with Crippen molar-refractivity contribution in [1.82, 2.24) is 24.8 Å². The van der Waals surface area contributed by atoms with E-state index in [1.165, 1.54) is 11.1 Å². The number of hydrogen-bond acceptors (Lipinski definition) is 7. The summed E-state index contributed by atoms with van der Waals surface area (Å²) in [6.45, 7) is 10.4. The number of esters is 1. The highest BCUT2D eigenvalue weighted by atomic mass is 16.5. The van der Waals surface area contributed by atoms with Gasteiger partial charge in [-0.3, -0.25) is 19.3 Å². The van der Waals surface area contributed by atoms with Gasteiger partial charge in [0.15, 0.2) is 0 Å². The number of rotatable bonds is 12. The van der Waals surface area contributed by atoms with Crippen molar-refractivity contribution in [1.29, 1.82) is 0 Å². The Bertz CT molecular complexity index is 1460. The van der Waals surface area contributed by atoms with Gasteiger partial charge in [-0.15, -0.1) is 5.10 Å². The van der Waals surface area contributed by atoms with Crippen LogP contribution >= 0.6 is 0 Å². The maximum atomic E-state index is 11.6. The SMILES string of the molecule is CCOC(=O)CCCCn1cc(-c2ccc([C@H](c3cccc(O)c3)N3C[C@@H](C)N(Cc4ccccc4)C[C@@H]3C)cc2)nn1. The third-order valence-corrected chi connectivity index (χ3v) is 8.29. The molecule has 3 atom stereocenters. The number of benzene rings is 3. The smallest absolute Gasteiger partial charge is 0.305 e. The van der Waals surface area contributed by atoms with Gasteiger partial charge in [-0.25, -0.2) is 0 Å². The van der Waals surface area contributed by atoms with Gasteiger partial charge < -0.3 is 9.84 Å². The Morgan fingerprint density at radius 3 is 2.49 bits per heavy atom. The van der Waals surface area contributed by atoms with E-state index in [9.17, 15) is 9.90 Å². The average Bonchev–Trinajstić information content (AvgIpc) is 3.48. The molecule has 0 bridgehead atoms. The predicted molar refractivity (Wildman–Crippen MR) is 168 cm³/mol. The minimum atomic E-state index is -0.149. The molecule has 1 N–H and O–H groups in total. The number of carbonyl (C=O) groups is 1. The molecule has 4 aromatic rings. The Balaban J connectivity index is 1.30. The van der Waals surface area contributed by atoms with Crippen LogP contribution in [0.15, 0.2) is 85.1 Å². The molecule has 8 heteroatoms. The van der Waals surface area contributed by atoms with Crippen LogP contribution in [0.4, 0.5) is 0 Å². The van der Waals surface area contributed by atoms with E-state index in [-0.39, 0.29) is 17.8 Å². The lowest BCUT2D eigenvalue weighted by atomic mass is 9.92. The molecule has 3 aromatic carbocycles. The van der Waals surface area contributed by atoms with Gasteiger partial charge in [0.05, 0.1) is 18.8 Å². The van der Waals surface area contributed by atoms with Crippen LogP contribution in [0.1, 0.15) is 62.8 Å². The fraction of sp³-hybridized carbons (Fsp3) is 0.400. The Hall–Kier alpha value is -4.01.